The zero-order chi connectivity index (χ0) is 15.4. The number of benzene rings is 1. The van der Waals surface area contributed by atoms with Crippen LogP contribution in [0.1, 0.15) is 44.7 Å². The van der Waals surface area contributed by atoms with E-state index < -0.39 is 11.6 Å². The molecule has 0 amide bonds. The van der Waals surface area contributed by atoms with Gasteiger partial charge in [0.15, 0.2) is 0 Å². The normalized spacial score (nSPS) is 24.3. The van der Waals surface area contributed by atoms with E-state index >= 15 is 0 Å². The molecule has 2 nitrogen and oxygen atoms in total. The lowest BCUT2D eigenvalue weighted by Crippen LogP contribution is -2.37. The summed E-state index contributed by atoms with van der Waals surface area (Å²) in [6.07, 6.45) is 3.40. The van der Waals surface area contributed by atoms with Crippen molar-refractivity contribution in [3.8, 4) is 0 Å². The molecular formula is C17H26F2N2. The van der Waals surface area contributed by atoms with Gasteiger partial charge in [-0.1, -0.05) is 20.3 Å². The number of likely N-dealkylation sites (tertiary alicyclic amines) is 1. The molecule has 118 valence electrons. The molecule has 1 aromatic rings. The first-order valence-corrected chi connectivity index (χ1v) is 7.87. The molecule has 0 radical (unpaired) electrons. The Morgan fingerprint density at radius 3 is 2.48 bits per heavy atom. The molecule has 21 heavy (non-hydrogen) atoms. The van der Waals surface area contributed by atoms with Gasteiger partial charge in [0, 0.05) is 24.7 Å². The second kappa shape index (κ2) is 7.32. The van der Waals surface area contributed by atoms with Crippen molar-refractivity contribution >= 4 is 0 Å². The van der Waals surface area contributed by atoms with Gasteiger partial charge in [-0.2, -0.15) is 0 Å². The average molecular weight is 296 g/mol. The van der Waals surface area contributed by atoms with Crippen LogP contribution in [0.4, 0.5) is 8.78 Å². The molecule has 2 unspecified atom stereocenters. The highest BCUT2D eigenvalue weighted by Gasteiger charge is 2.29. The fraction of sp³-hybridized carbons (Fsp3) is 0.647. The maximum Gasteiger partial charge on any atom is 0.126 e. The molecule has 0 spiro atoms. The summed E-state index contributed by atoms with van der Waals surface area (Å²) < 4.78 is 27.2. The Hall–Kier alpha value is -1.00. The van der Waals surface area contributed by atoms with Gasteiger partial charge < -0.3 is 5.32 Å². The molecule has 1 fully saturated rings. The molecule has 1 aromatic carbocycles. The van der Waals surface area contributed by atoms with Crippen molar-refractivity contribution in [3.05, 3.63) is 35.4 Å². The lowest BCUT2D eigenvalue weighted by molar-refractivity contribution is 0.186. The highest BCUT2D eigenvalue weighted by Crippen LogP contribution is 2.34. The standard InChI is InChI=1S/C17H26F2N2/c1-12(2)20-11-13-6-4-5-7-21(3)17(13)14-8-15(18)10-16(19)9-14/h8-10,12-13,17,20H,4-7,11H2,1-3H3. The zero-order valence-corrected chi connectivity index (χ0v) is 13.2. The van der Waals surface area contributed by atoms with Crippen LogP contribution in [-0.4, -0.2) is 31.1 Å². The highest BCUT2D eigenvalue weighted by atomic mass is 19.1. The third kappa shape index (κ3) is 4.48. The first-order chi connectivity index (χ1) is 9.97. The quantitative estimate of drug-likeness (QED) is 0.910. The average Bonchev–Trinajstić information content (AvgIpc) is 2.56. The van der Waals surface area contributed by atoms with E-state index in [9.17, 15) is 8.78 Å². The second-order valence-corrected chi connectivity index (χ2v) is 6.45. The van der Waals surface area contributed by atoms with E-state index in [0.717, 1.165) is 37.6 Å². The van der Waals surface area contributed by atoms with E-state index in [4.69, 9.17) is 0 Å². The molecule has 1 aliphatic heterocycles. The SMILES string of the molecule is CC(C)NCC1CCCCN(C)C1c1cc(F)cc(F)c1. The van der Waals surface area contributed by atoms with Crippen molar-refractivity contribution in [2.45, 2.75) is 45.2 Å². The van der Waals surface area contributed by atoms with Gasteiger partial charge in [-0.25, -0.2) is 8.78 Å². The summed E-state index contributed by atoms with van der Waals surface area (Å²) in [5, 5.41) is 3.48. The Labute approximate surface area is 126 Å². The smallest absolute Gasteiger partial charge is 0.126 e. The van der Waals surface area contributed by atoms with Gasteiger partial charge >= 0.3 is 0 Å². The van der Waals surface area contributed by atoms with Crippen molar-refractivity contribution in [1.82, 2.24) is 10.2 Å². The van der Waals surface area contributed by atoms with Crippen LogP contribution in [0.25, 0.3) is 0 Å². The molecule has 0 bridgehead atoms. The molecule has 1 aliphatic rings. The van der Waals surface area contributed by atoms with E-state index in [0.29, 0.717) is 12.0 Å². The van der Waals surface area contributed by atoms with Crippen molar-refractivity contribution in [2.75, 3.05) is 20.1 Å². The lowest BCUT2D eigenvalue weighted by atomic mass is 9.89. The summed E-state index contributed by atoms with van der Waals surface area (Å²) in [7, 11) is 2.06. The zero-order valence-electron chi connectivity index (χ0n) is 13.2. The van der Waals surface area contributed by atoms with Crippen molar-refractivity contribution in [1.29, 1.82) is 0 Å². The number of hydrogen-bond acceptors (Lipinski definition) is 2. The predicted molar refractivity (Wildman–Crippen MR) is 82.2 cm³/mol. The molecule has 1 N–H and O–H groups in total. The first-order valence-electron chi connectivity index (χ1n) is 7.87. The number of rotatable bonds is 4. The molecule has 1 saturated heterocycles. The van der Waals surface area contributed by atoms with Crippen LogP contribution < -0.4 is 5.32 Å². The van der Waals surface area contributed by atoms with Crippen LogP contribution in [0.3, 0.4) is 0 Å². The summed E-state index contributed by atoms with van der Waals surface area (Å²) in [6.45, 7) is 6.10. The number of hydrogen-bond donors (Lipinski definition) is 1. The predicted octanol–water partition coefficient (Wildman–Crippen LogP) is 3.74. The Morgan fingerprint density at radius 1 is 1.19 bits per heavy atom. The Balaban J connectivity index is 2.27. The van der Waals surface area contributed by atoms with Gasteiger partial charge in [0.1, 0.15) is 11.6 Å². The maximum absolute atomic E-state index is 13.6. The minimum Gasteiger partial charge on any atom is -0.314 e. The Morgan fingerprint density at radius 2 is 1.86 bits per heavy atom. The Bertz CT molecular complexity index is 442. The van der Waals surface area contributed by atoms with Crippen LogP contribution in [0, 0.1) is 17.6 Å². The molecule has 2 atom stereocenters. The van der Waals surface area contributed by atoms with Crippen LogP contribution in [-0.2, 0) is 0 Å². The van der Waals surface area contributed by atoms with Crippen LogP contribution in [0.15, 0.2) is 18.2 Å². The van der Waals surface area contributed by atoms with Crippen molar-refractivity contribution in [2.24, 2.45) is 5.92 Å². The monoisotopic (exact) mass is 296 g/mol. The number of nitrogens with zero attached hydrogens (tertiary/aromatic N) is 1. The second-order valence-electron chi connectivity index (χ2n) is 6.45. The molecular weight excluding hydrogens is 270 g/mol. The fourth-order valence-corrected chi connectivity index (χ4v) is 3.30. The lowest BCUT2D eigenvalue weighted by Gasteiger charge is -2.33. The van der Waals surface area contributed by atoms with Gasteiger partial charge in [-0.15, -0.1) is 0 Å². The summed E-state index contributed by atoms with van der Waals surface area (Å²) in [4.78, 5) is 2.24. The van der Waals surface area contributed by atoms with Crippen LogP contribution in [0.2, 0.25) is 0 Å². The van der Waals surface area contributed by atoms with Crippen LogP contribution in [0.5, 0.6) is 0 Å². The van der Waals surface area contributed by atoms with E-state index in [2.05, 4.69) is 31.1 Å². The summed E-state index contributed by atoms with van der Waals surface area (Å²) in [5.41, 5.74) is 0.757. The summed E-state index contributed by atoms with van der Waals surface area (Å²) >= 11 is 0. The van der Waals surface area contributed by atoms with Gasteiger partial charge in [-0.05, 0) is 50.0 Å². The number of halogens is 2. The van der Waals surface area contributed by atoms with Crippen LogP contribution >= 0.6 is 0 Å². The third-order valence-corrected chi connectivity index (χ3v) is 4.27. The Kier molecular flexibility index (Phi) is 5.71. The largest absolute Gasteiger partial charge is 0.314 e. The van der Waals surface area contributed by atoms with Gasteiger partial charge in [0.25, 0.3) is 0 Å². The van der Waals surface area contributed by atoms with E-state index in [1.54, 1.807) is 0 Å². The molecule has 0 aromatic heterocycles. The molecule has 1 heterocycles. The molecule has 4 heteroatoms. The molecule has 2 rings (SSSR count). The topological polar surface area (TPSA) is 15.3 Å². The maximum atomic E-state index is 13.6. The van der Waals surface area contributed by atoms with Gasteiger partial charge in [-0.3, -0.25) is 4.90 Å². The van der Waals surface area contributed by atoms with Crippen molar-refractivity contribution < 1.29 is 8.78 Å². The third-order valence-electron chi connectivity index (χ3n) is 4.27. The first kappa shape index (κ1) is 16.4. The van der Waals surface area contributed by atoms with Crippen molar-refractivity contribution in [3.63, 3.8) is 0 Å². The summed E-state index contributed by atoms with van der Waals surface area (Å²) in [5.74, 6) is -0.600. The summed E-state index contributed by atoms with van der Waals surface area (Å²) in [6, 6.07) is 4.41. The van der Waals surface area contributed by atoms with E-state index in [1.165, 1.54) is 18.6 Å². The van der Waals surface area contributed by atoms with Gasteiger partial charge in [0.2, 0.25) is 0 Å². The fourth-order valence-electron chi connectivity index (χ4n) is 3.30. The molecule has 0 saturated carbocycles. The van der Waals surface area contributed by atoms with E-state index in [-0.39, 0.29) is 6.04 Å². The minimum atomic E-state index is -0.488. The number of nitrogens with one attached hydrogen (secondary N) is 1. The molecule has 0 aliphatic carbocycles. The van der Waals surface area contributed by atoms with E-state index in [1.807, 2.05) is 0 Å². The van der Waals surface area contributed by atoms with Gasteiger partial charge in [0.05, 0.1) is 0 Å². The highest BCUT2D eigenvalue weighted by molar-refractivity contribution is 5.22. The minimum absolute atomic E-state index is 0.0731.